The summed E-state index contributed by atoms with van der Waals surface area (Å²) in [5.41, 5.74) is 0.257. The molecule has 0 bridgehead atoms. The van der Waals surface area contributed by atoms with Gasteiger partial charge in [-0.25, -0.2) is 9.67 Å². The number of fused-ring (bicyclic) bond motifs is 1. The zero-order chi connectivity index (χ0) is 18.8. The molecule has 0 aliphatic carbocycles. The topological polar surface area (TPSA) is 90.1 Å². The third kappa shape index (κ3) is 3.38. The van der Waals surface area contributed by atoms with Crippen molar-refractivity contribution in [1.29, 1.82) is 0 Å². The number of rotatable bonds is 3. The third-order valence-electron chi connectivity index (χ3n) is 4.90. The number of hydrogen-bond acceptors (Lipinski definition) is 5. The van der Waals surface area contributed by atoms with Gasteiger partial charge in [-0.05, 0) is 31.0 Å². The Balaban J connectivity index is 1.56. The molecule has 1 aromatic carbocycles. The molecule has 8 nitrogen and oxygen atoms in total. The van der Waals surface area contributed by atoms with Crippen LogP contribution in [0, 0.1) is 0 Å². The Morgan fingerprint density at radius 2 is 2.00 bits per heavy atom. The van der Waals surface area contributed by atoms with Gasteiger partial charge in [0.1, 0.15) is 6.54 Å². The number of nitrogens with zero attached hydrogens (tertiary/aromatic N) is 5. The quantitative estimate of drug-likeness (QED) is 0.685. The summed E-state index contributed by atoms with van der Waals surface area (Å²) in [6.45, 7) is 0.921. The maximum Gasteiger partial charge on any atom is 0.267 e. The number of amides is 1. The van der Waals surface area contributed by atoms with E-state index in [9.17, 15) is 14.4 Å². The second-order valence-electron chi connectivity index (χ2n) is 6.63. The minimum absolute atomic E-state index is 0.0964. The highest BCUT2D eigenvalue weighted by molar-refractivity contribution is 5.77. The van der Waals surface area contributed by atoms with E-state index in [0.29, 0.717) is 24.0 Å². The molecule has 0 spiro atoms. The maximum atomic E-state index is 12.8. The van der Waals surface area contributed by atoms with Crippen molar-refractivity contribution in [3.05, 3.63) is 69.6 Å². The van der Waals surface area contributed by atoms with E-state index in [0.717, 1.165) is 17.5 Å². The van der Waals surface area contributed by atoms with Crippen LogP contribution < -0.4 is 11.1 Å². The standard InChI is InChI=1S/C19H19N5O3/c25-17-8-3-9-21-24(17)12-18(26)22-10-4-5-14(11-22)23-13-20-16-7-2-1-6-15(16)19(23)27/h1-3,6-9,13-14H,4-5,10-12H2/t14-/m1/s1. The minimum Gasteiger partial charge on any atom is -0.339 e. The Labute approximate surface area is 154 Å². The summed E-state index contributed by atoms with van der Waals surface area (Å²) in [7, 11) is 0. The molecule has 27 heavy (non-hydrogen) atoms. The summed E-state index contributed by atoms with van der Waals surface area (Å²) < 4.78 is 2.77. The molecule has 1 saturated heterocycles. The lowest BCUT2D eigenvalue weighted by molar-refractivity contribution is -0.133. The fourth-order valence-corrected chi connectivity index (χ4v) is 3.49. The predicted octanol–water partition coefficient (Wildman–Crippen LogP) is 0.817. The lowest BCUT2D eigenvalue weighted by atomic mass is 10.1. The molecule has 1 aliphatic rings. The molecule has 138 valence electrons. The predicted molar refractivity (Wildman–Crippen MR) is 99.4 cm³/mol. The number of para-hydroxylation sites is 1. The Morgan fingerprint density at radius 1 is 1.15 bits per heavy atom. The van der Waals surface area contributed by atoms with Gasteiger partial charge in [-0.3, -0.25) is 19.0 Å². The first-order valence-corrected chi connectivity index (χ1v) is 8.89. The van der Waals surface area contributed by atoms with E-state index < -0.39 is 0 Å². The Hall–Kier alpha value is -3.29. The van der Waals surface area contributed by atoms with Crippen molar-refractivity contribution in [3.63, 3.8) is 0 Å². The number of piperidine rings is 1. The number of likely N-dealkylation sites (tertiary alicyclic amines) is 1. The molecule has 3 heterocycles. The molecular weight excluding hydrogens is 346 g/mol. The maximum absolute atomic E-state index is 12.8. The highest BCUT2D eigenvalue weighted by Crippen LogP contribution is 2.21. The summed E-state index contributed by atoms with van der Waals surface area (Å²) in [6, 6.07) is 10.0. The van der Waals surface area contributed by atoms with Crippen molar-refractivity contribution in [2.45, 2.75) is 25.4 Å². The number of benzene rings is 1. The van der Waals surface area contributed by atoms with Gasteiger partial charge in [-0.1, -0.05) is 12.1 Å². The van der Waals surface area contributed by atoms with E-state index in [1.54, 1.807) is 27.9 Å². The first-order chi connectivity index (χ1) is 13.1. The van der Waals surface area contributed by atoms with Crippen molar-refractivity contribution in [2.24, 2.45) is 0 Å². The van der Waals surface area contributed by atoms with Crippen molar-refractivity contribution in [1.82, 2.24) is 24.2 Å². The largest absolute Gasteiger partial charge is 0.339 e. The first-order valence-electron chi connectivity index (χ1n) is 8.89. The SMILES string of the molecule is O=C(Cn1ncccc1=O)N1CCC[C@@H](n2cnc3ccccc3c2=O)C1. The molecule has 1 fully saturated rings. The van der Waals surface area contributed by atoms with Crippen molar-refractivity contribution in [3.8, 4) is 0 Å². The molecule has 4 rings (SSSR count). The van der Waals surface area contributed by atoms with Crippen LogP contribution in [0.4, 0.5) is 0 Å². The van der Waals surface area contributed by atoms with Crippen LogP contribution in [0.5, 0.6) is 0 Å². The summed E-state index contributed by atoms with van der Waals surface area (Å²) in [5, 5.41) is 4.50. The van der Waals surface area contributed by atoms with Crippen LogP contribution in [0.1, 0.15) is 18.9 Å². The lowest BCUT2D eigenvalue weighted by Gasteiger charge is -2.33. The van der Waals surface area contributed by atoms with Crippen LogP contribution in [0.25, 0.3) is 10.9 Å². The first kappa shape index (κ1) is 17.1. The van der Waals surface area contributed by atoms with Crippen molar-refractivity contribution >= 4 is 16.8 Å². The van der Waals surface area contributed by atoms with E-state index in [-0.39, 0.29) is 29.6 Å². The van der Waals surface area contributed by atoms with Gasteiger partial charge in [-0.2, -0.15) is 5.10 Å². The zero-order valence-corrected chi connectivity index (χ0v) is 14.7. The van der Waals surface area contributed by atoms with Crippen molar-refractivity contribution in [2.75, 3.05) is 13.1 Å². The molecule has 8 heteroatoms. The average Bonchev–Trinajstić information content (AvgIpc) is 2.70. The monoisotopic (exact) mass is 365 g/mol. The Kier molecular flexibility index (Phi) is 4.53. The van der Waals surface area contributed by atoms with E-state index in [1.165, 1.54) is 12.3 Å². The number of aromatic nitrogens is 4. The normalized spacial score (nSPS) is 17.2. The van der Waals surface area contributed by atoms with Crippen LogP contribution >= 0.6 is 0 Å². The third-order valence-corrected chi connectivity index (χ3v) is 4.90. The average molecular weight is 365 g/mol. The molecule has 3 aromatic rings. The van der Waals surface area contributed by atoms with E-state index in [2.05, 4.69) is 10.1 Å². The molecule has 0 radical (unpaired) electrons. The number of carbonyl (C=O) groups excluding carboxylic acids is 1. The molecule has 2 aromatic heterocycles. The van der Waals surface area contributed by atoms with Crippen LogP contribution in [-0.4, -0.2) is 43.2 Å². The van der Waals surface area contributed by atoms with Gasteiger partial charge in [0.2, 0.25) is 5.91 Å². The van der Waals surface area contributed by atoms with Gasteiger partial charge in [0.25, 0.3) is 11.1 Å². The summed E-state index contributed by atoms with van der Waals surface area (Å²) >= 11 is 0. The molecule has 1 amide bonds. The van der Waals surface area contributed by atoms with Gasteiger partial charge in [0, 0.05) is 25.4 Å². The minimum atomic E-state index is -0.311. The number of carbonyl (C=O) groups is 1. The second kappa shape index (κ2) is 7.14. The van der Waals surface area contributed by atoms with Gasteiger partial charge in [-0.15, -0.1) is 0 Å². The van der Waals surface area contributed by atoms with E-state index >= 15 is 0 Å². The molecule has 0 N–H and O–H groups in total. The summed E-state index contributed by atoms with van der Waals surface area (Å²) in [6.07, 6.45) is 4.63. The van der Waals surface area contributed by atoms with E-state index in [1.807, 2.05) is 18.2 Å². The lowest BCUT2D eigenvalue weighted by Crippen LogP contribution is -2.45. The molecule has 1 aliphatic heterocycles. The summed E-state index contributed by atoms with van der Waals surface area (Å²) in [5.74, 6) is -0.178. The van der Waals surface area contributed by atoms with Crippen LogP contribution in [0.3, 0.4) is 0 Å². The van der Waals surface area contributed by atoms with Gasteiger partial charge in [0.05, 0.1) is 23.3 Å². The highest BCUT2D eigenvalue weighted by atomic mass is 16.2. The second-order valence-corrected chi connectivity index (χ2v) is 6.63. The molecular formula is C19H19N5O3. The molecule has 0 unspecified atom stereocenters. The Bertz CT molecular complexity index is 1100. The highest BCUT2D eigenvalue weighted by Gasteiger charge is 2.26. The van der Waals surface area contributed by atoms with Crippen molar-refractivity contribution < 1.29 is 4.79 Å². The fourth-order valence-electron chi connectivity index (χ4n) is 3.49. The van der Waals surface area contributed by atoms with Gasteiger partial charge in [0.15, 0.2) is 0 Å². The summed E-state index contributed by atoms with van der Waals surface area (Å²) in [4.78, 5) is 43.3. The van der Waals surface area contributed by atoms with Crippen LogP contribution in [0.2, 0.25) is 0 Å². The fraction of sp³-hybridized carbons (Fsp3) is 0.316. The molecule has 0 saturated carbocycles. The van der Waals surface area contributed by atoms with Crippen LogP contribution in [0.15, 0.2) is 58.5 Å². The Morgan fingerprint density at radius 3 is 2.85 bits per heavy atom. The van der Waals surface area contributed by atoms with Crippen LogP contribution in [-0.2, 0) is 11.3 Å². The zero-order valence-electron chi connectivity index (χ0n) is 14.7. The van der Waals surface area contributed by atoms with Gasteiger partial charge >= 0.3 is 0 Å². The number of hydrogen-bond donors (Lipinski definition) is 0. The smallest absolute Gasteiger partial charge is 0.267 e. The van der Waals surface area contributed by atoms with Gasteiger partial charge < -0.3 is 4.90 Å². The van der Waals surface area contributed by atoms with E-state index in [4.69, 9.17) is 0 Å². The molecule has 1 atom stereocenters.